The van der Waals surface area contributed by atoms with Crippen molar-refractivity contribution in [3.63, 3.8) is 0 Å². The zero-order chi connectivity index (χ0) is 16.1. The van der Waals surface area contributed by atoms with Crippen molar-refractivity contribution in [2.24, 2.45) is 11.7 Å². The fourth-order valence-electron chi connectivity index (χ4n) is 2.50. The molecule has 1 saturated heterocycles. The first-order chi connectivity index (χ1) is 10.1. The van der Waals surface area contributed by atoms with Gasteiger partial charge in [-0.05, 0) is 70.1 Å². The van der Waals surface area contributed by atoms with Crippen molar-refractivity contribution in [3.8, 4) is 0 Å². The highest BCUT2D eigenvalue weighted by atomic mass is 16.5. The van der Waals surface area contributed by atoms with E-state index in [2.05, 4.69) is 11.8 Å². The first-order valence-electron chi connectivity index (χ1n) is 9.21. The van der Waals surface area contributed by atoms with Crippen LogP contribution >= 0.6 is 0 Å². The van der Waals surface area contributed by atoms with E-state index >= 15 is 0 Å². The third kappa shape index (κ3) is 11.1. The molecule has 0 bridgehead atoms. The molecule has 3 nitrogen and oxygen atoms in total. The molecule has 0 aromatic rings. The molecule has 2 aliphatic rings. The maximum Gasteiger partial charge on any atom is 0.0575 e. The monoisotopic (exact) mass is 302 g/mol. The van der Waals surface area contributed by atoms with E-state index in [0.29, 0.717) is 12.1 Å². The van der Waals surface area contributed by atoms with Crippen molar-refractivity contribution in [1.82, 2.24) is 4.90 Å². The van der Waals surface area contributed by atoms with E-state index in [9.17, 15) is 0 Å². The minimum atomic E-state index is 0. The SMILES string of the molecule is CC.CC(C)N.CCCN1CCC(COC2CCC2)CC1.[HH]. The van der Waals surface area contributed by atoms with Crippen molar-refractivity contribution in [1.29, 1.82) is 0 Å². The molecule has 2 N–H and O–H groups in total. The molecule has 0 atom stereocenters. The highest BCUT2D eigenvalue weighted by Crippen LogP contribution is 2.24. The van der Waals surface area contributed by atoms with Crippen LogP contribution in [0.2, 0.25) is 0 Å². The Bertz CT molecular complexity index is 212. The molecule has 1 saturated carbocycles. The van der Waals surface area contributed by atoms with Crippen LogP contribution in [0.1, 0.15) is 74.6 Å². The molecule has 2 fully saturated rings. The largest absolute Gasteiger partial charge is 0.378 e. The van der Waals surface area contributed by atoms with Crippen LogP contribution in [0, 0.1) is 5.92 Å². The van der Waals surface area contributed by atoms with Crippen molar-refractivity contribution >= 4 is 0 Å². The minimum Gasteiger partial charge on any atom is -0.378 e. The number of piperidine rings is 1. The molecular weight excluding hydrogens is 260 g/mol. The zero-order valence-corrected chi connectivity index (χ0v) is 15.2. The quantitative estimate of drug-likeness (QED) is 0.822. The van der Waals surface area contributed by atoms with Gasteiger partial charge in [0.2, 0.25) is 0 Å². The van der Waals surface area contributed by atoms with Gasteiger partial charge in [0.25, 0.3) is 0 Å². The lowest BCUT2D eigenvalue weighted by Crippen LogP contribution is -2.36. The van der Waals surface area contributed by atoms with Gasteiger partial charge >= 0.3 is 0 Å². The number of nitrogens with two attached hydrogens (primary N) is 1. The second kappa shape index (κ2) is 13.5. The summed E-state index contributed by atoms with van der Waals surface area (Å²) in [4.78, 5) is 2.60. The standard InChI is InChI=1S/C13H25NO.C3H9N.C2H6.H2/c1-2-8-14-9-6-12(7-10-14)11-15-13-4-3-5-13;1-3(2)4;1-2;/h12-13H,2-11H2,1H3;3H,4H2,1-2H3;1-2H3;1H. The summed E-state index contributed by atoms with van der Waals surface area (Å²) in [5.41, 5.74) is 5.11. The highest BCUT2D eigenvalue weighted by Gasteiger charge is 2.22. The number of likely N-dealkylation sites (tertiary alicyclic amines) is 1. The van der Waals surface area contributed by atoms with Gasteiger partial charge in [-0.2, -0.15) is 0 Å². The van der Waals surface area contributed by atoms with E-state index in [1.54, 1.807) is 0 Å². The van der Waals surface area contributed by atoms with Gasteiger partial charge in [-0.15, -0.1) is 0 Å². The zero-order valence-electron chi connectivity index (χ0n) is 15.2. The number of nitrogens with zero attached hydrogens (tertiary/aromatic N) is 1. The third-order valence-electron chi connectivity index (χ3n) is 3.87. The molecule has 21 heavy (non-hydrogen) atoms. The van der Waals surface area contributed by atoms with Crippen LogP contribution in [-0.4, -0.2) is 43.3 Å². The van der Waals surface area contributed by atoms with Crippen molar-refractivity contribution < 1.29 is 6.16 Å². The van der Waals surface area contributed by atoms with E-state index in [4.69, 9.17) is 10.5 Å². The summed E-state index contributed by atoms with van der Waals surface area (Å²) < 4.78 is 5.89. The second-order valence-corrected chi connectivity index (χ2v) is 6.42. The summed E-state index contributed by atoms with van der Waals surface area (Å²) in [5.74, 6) is 0.846. The lowest BCUT2D eigenvalue weighted by Gasteiger charge is -2.33. The first-order valence-corrected chi connectivity index (χ1v) is 9.21. The van der Waals surface area contributed by atoms with E-state index in [1.807, 2.05) is 27.7 Å². The number of ether oxygens (including phenoxy) is 1. The van der Waals surface area contributed by atoms with Crippen molar-refractivity contribution in [3.05, 3.63) is 0 Å². The van der Waals surface area contributed by atoms with Crippen LogP contribution in [0.3, 0.4) is 0 Å². The molecule has 0 unspecified atom stereocenters. The Morgan fingerprint density at radius 1 is 1.14 bits per heavy atom. The maximum atomic E-state index is 5.89. The third-order valence-corrected chi connectivity index (χ3v) is 3.87. The molecule has 3 heteroatoms. The van der Waals surface area contributed by atoms with Crippen LogP contribution in [-0.2, 0) is 4.74 Å². The molecule has 0 amide bonds. The summed E-state index contributed by atoms with van der Waals surface area (Å²) in [6.45, 7) is 15.1. The number of hydrogen-bond acceptors (Lipinski definition) is 3. The molecular formula is C18H42N2O. The second-order valence-electron chi connectivity index (χ2n) is 6.42. The topological polar surface area (TPSA) is 38.5 Å². The fourth-order valence-corrected chi connectivity index (χ4v) is 2.50. The average molecular weight is 303 g/mol. The summed E-state index contributed by atoms with van der Waals surface area (Å²) in [6, 6.07) is 0.333. The summed E-state index contributed by atoms with van der Waals surface area (Å²) in [5, 5.41) is 0. The van der Waals surface area contributed by atoms with Gasteiger partial charge in [-0.25, -0.2) is 0 Å². The van der Waals surface area contributed by atoms with E-state index in [-0.39, 0.29) is 1.43 Å². The van der Waals surface area contributed by atoms with Crippen LogP contribution in [0.5, 0.6) is 0 Å². The summed E-state index contributed by atoms with van der Waals surface area (Å²) in [7, 11) is 0. The number of hydrogen-bond donors (Lipinski definition) is 1. The van der Waals surface area contributed by atoms with E-state index in [0.717, 1.165) is 12.5 Å². The predicted molar refractivity (Wildman–Crippen MR) is 95.8 cm³/mol. The van der Waals surface area contributed by atoms with Gasteiger partial charge in [0.05, 0.1) is 6.10 Å². The molecule has 1 heterocycles. The Kier molecular flexibility index (Phi) is 13.5. The lowest BCUT2D eigenvalue weighted by molar-refractivity contribution is -0.0258. The Morgan fingerprint density at radius 3 is 2.05 bits per heavy atom. The Balaban J connectivity index is 0. The van der Waals surface area contributed by atoms with Crippen LogP contribution in [0.25, 0.3) is 0 Å². The molecule has 0 aromatic heterocycles. The Morgan fingerprint density at radius 2 is 1.67 bits per heavy atom. The molecule has 130 valence electrons. The highest BCUT2D eigenvalue weighted by molar-refractivity contribution is 4.74. The molecule has 0 aromatic carbocycles. The fraction of sp³-hybridized carbons (Fsp3) is 1.00. The maximum absolute atomic E-state index is 5.89. The van der Waals surface area contributed by atoms with Gasteiger partial charge in [0.15, 0.2) is 0 Å². The van der Waals surface area contributed by atoms with Crippen LogP contribution < -0.4 is 5.73 Å². The van der Waals surface area contributed by atoms with Gasteiger partial charge in [-0.3, -0.25) is 0 Å². The molecule has 0 spiro atoms. The van der Waals surface area contributed by atoms with Crippen LogP contribution in [0.15, 0.2) is 0 Å². The predicted octanol–water partition coefficient (Wildman–Crippen LogP) is 4.30. The summed E-state index contributed by atoms with van der Waals surface area (Å²) in [6.07, 6.45) is 8.64. The smallest absolute Gasteiger partial charge is 0.0575 e. The van der Waals surface area contributed by atoms with E-state index < -0.39 is 0 Å². The molecule has 2 rings (SSSR count). The Hall–Kier alpha value is -0.120. The molecule has 1 aliphatic heterocycles. The number of rotatable bonds is 5. The van der Waals surface area contributed by atoms with E-state index in [1.165, 1.54) is 58.2 Å². The van der Waals surface area contributed by atoms with Gasteiger partial charge in [0.1, 0.15) is 0 Å². The molecule has 1 aliphatic carbocycles. The lowest BCUT2D eigenvalue weighted by atomic mass is 9.94. The van der Waals surface area contributed by atoms with Crippen molar-refractivity contribution in [2.75, 3.05) is 26.2 Å². The minimum absolute atomic E-state index is 0. The first kappa shape index (κ1) is 20.9. The normalized spacial score (nSPS) is 20.1. The van der Waals surface area contributed by atoms with Crippen LogP contribution in [0.4, 0.5) is 0 Å². The molecule has 0 radical (unpaired) electrons. The Labute approximate surface area is 135 Å². The van der Waals surface area contributed by atoms with Gasteiger partial charge < -0.3 is 15.4 Å². The van der Waals surface area contributed by atoms with Gasteiger partial charge in [-0.1, -0.05) is 34.6 Å². The van der Waals surface area contributed by atoms with Gasteiger partial charge in [0, 0.05) is 8.03 Å². The average Bonchev–Trinajstić information content (AvgIpc) is 2.41. The van der Waals surface area contributed by atoms with Crippen molar-refractivity contribution in [2.45, 2.75) is 85.3 Å². The summed E-state index contributed by atoms with van der Waals surface area (Å²) >= 11 is 0.